The van der Waals surface area contributed by atoms with E-state index in [1.807, 2.05) is 6.92 Å². The Bertz CT molecular complexity index is 546. The van der Waals surface area contributed by atoms with Gasteiger partial charge in [0.1, 0.15) is 11.6 Å². The molecule has 0 aliphatic heterocycles. The highest BCUT2D eigenvalue weighted by molar-refractivity contribution is 5.34. The number of aromatic amines is 1. The Kier molecular flexibility index (Phi) is 4.62. The van der Waals surface area contributed by atoms with Gasteiger partial charge in [-0.05, 0) is 25.1 Å². The van der Waals surface area contributed by atoms with Crippen molar-refractivity contribution in [2.45, 2.75) is 26.1 Å². The summed E-state index contributed by atoms with van der Waals surface area (Å²) < 4.78 is 42.1. The zero-order chi connectivity index (χ0) is 14.5. The average Bonchev–Trinajstić information content (AvgIpc) is 2.92. The Morgan fingerprint density at radius 2 is 2.20 bits per heavy atom. The van der Waals surface area contributed by atoms with Crippen LogP contribution in [0.1, 0.15) is 24.1 Å². The normalized spacial score (nSPS) is 12.7. The minimum atomic E-state index is -2.94. The van der Waals surface area contributed by atoms with Gasteiger partial charge in [0.2, 0.25) is 0 Å². The molecule has 2 aromatic rings. The predicted molar refractivity (Wildman–Crippen MR) is 66.9 cm³/mol. The van der Waals surface area contributed by atoms with Crippen LogP contribution < -0.4 is 10.1 Å². The lowest BCUT2D eigenvalue weighted by Crippen LogP contribution is -2.18. The third kappa shape index (κ3) is 3.74. The lowest BCUT2D eigenvalue weighted by Gasteiger charge is -2.15. The standard InChI is InChI=1S/C13H14F3N3O/c1-8(10-6-18-19-7-10)17-5-9-4-11(14)2-3-12(9)20-13(15)16/h2-4,6-8,13,17H,5H2,1H3,(H,18,19). The third-order valence-corrected chi connectivity index (χ3v) is 2.86. The first kappa shape index (κ1) is 14.4. The van der Waals surface area contributed by atoms with Gasteiger partial charge in [0, 0.05) is 29.9 Å². The van der Waals surface area contributed by atoms with Gasteiger partial charge in [0.05, 0.1) is 6.20 Å². The molecule has 0 saturated heterocycles. The maximum atomic E-state index is 13.2. The molecule has 1 atom stereocenters. The quantitative estimate of drug-likeness (QED) is 0.857. The molecule has 0 amide bonds. The summed E-state index contributed by atoms with van der Waals surface area (Å²) in [6, 6.07) is 3.39. The summed E-state index contributed by atoms with van der Waals surface area (Å²) in [6.45, 7) is -0.852. The van der Waals surface area contributed by atoms with E-state index < -0.39 is 12.4 Å². The molecule has 1 heterocycles. The second kappa shape index (κ2) is 6.42. The number of hydrogen-bond acceptors (Lipinski definition) is 3. The van der Waals surface area contributed by atoms with Crippen LogP contribution in [0.5, 0.6) is 5.75 Å². The Morgan fingerprint density at radius 3 is 2.85 bits per heavy atom. The molecule has 0 aliphatic carbocycles. The SMILES string of the molecule is CC(NCc1cc(F)ccc1OC(F)F)c1cn[nH]c1. The van der Waals surface area contributed by atoms with E-state index >= 15 is 0 Å². The topological polar surface area (TPSA) is 49.9 Å². The maximum Gasteiger partial charge on any atom is 0.387 e. The van der Waals surface area contributed by atoms with Gasteiger partial charge in [0.25, 0.3) is 0 Å². The summed E-state index contributed by atoms with van der Waals surface area (Å²) >= 11 is 0. The second-order valence-corrected chi connectivity index (χ2v) is 4.26. The lowest BCUT2D eigenvalue weighted by atomic mass is 10.1. The summed E-state index contributed by atoms with van der Waals surface area (Å²) in [5, 5.41) is 9.59. The predicted octanol–water partition coefficient (Wildman–Crippen LogP) is 3.00. The van der Waals surface area contributed by atoms with Crippen molar-refractivity contribution in [1.82, 2.24) is 15.5 Å². The number of nitrogens with zero attached hydrogens (tertiary/aromatic N) is 1. The molecule has 1 aromatic heterocycles. The summed E-state index contributed by atoms with van der Waals surface area (Å²) in [4.78, 5) is 0. The molecule has 0 spiro atoms. The van der Waals surface area contributed by atoms with E-state index in [1.165, 1.54) is 12.1 Å². The van der Waals surface area contributed by atoms with Crippen LogP contribution in [0.15, 0.2) is 30.6 Å². The number of hydrogen-bond donors (Lipinski definition) is 2. The molecule has 1 aromatic carbocycles. The first-order chi connectivity index (χ1) is 9.56. The van der Waals surface area contributed by atoms with E-state index in [0.29, 0.717) is 5.56 Å². The van der Waals surface area contributed by atoms with E-state index in [-0.39, 0.29) is 18.3 Å². The Labute approximate surface area is 114 Å². The van der Waals surface area contributed by atoms with Crippen LogP contribution in [0, 0.1) is 5.82 Å². The van der Waals surface area contributed by atoms with Gasteiger partial charge in [-0.3, -0.25) is 5.10 Å². The minimum absolute atomic E-state index is 0.0340. The number of nitrogens with one attached hydrogen (secondary N) is 2. The zero-order valence-corrected chi connectivity index (χ0v) is 10.7. The summed E-state index contributed by atoms with van der Waals surface area (Å²) in [6.07, 6.45) is 3.37. The Hall–Kier alpha value is -2.02. The van der Waals surface area contributed by atoms with Gasteiger partial charge in [-0.2, -0.15) is 13.9 Å². The van der Waals surface area contributed by atoms with Gasteiger partial charge in [-0.25, -0.2) is 4.39 Å². The van der Waals surface area contributed by atoms with Crippen LogP contribution in [-0.2, 0) is 6.54 Å². The van der Waals surface area contributed by atoms with E-state index in [4.69, 9.17) is 0 Å². The molecule has 0 aliphatic rings. The fourth-order valence-electron chi connectivity index (χ4n) is 1.78. The zero-order valence-electron chi connectivity index (χ0n) is 10.7. The van der Waals surface area contributed by atoms with E-state index in [9.17, 15) is 13.2 Å². The van der Waals surface area contributed by atoms with Crippen molar-refractivity contribution in [1.29, 1.82) is 0 Å². The van der Waals surface area contributed by atoms with Crippen molar-refractivity contribution in [3.8, 4) is 5.75 Å². The van der Waals surface area contributed by atoms with Gasteiger partial charge in [-0.15, -0.1) is 0 Å². The largest absolute Gasteiger partial charge is 0.434 e. The number of aromatic nitrogens is 2. The van der Waals surface area contributed by atoms with Crippen molar-refractivity contribution in [2.24, 2.45) is 0 Å². The molecule has 20 heavy (non-hydrogen) atoms. The second-order valence-electron chi connectivity index (χ2n) is 4.26. The average molecular weight is 285 g/mol. The first-order valence-corrected chi connectivity index (χ1v) is 6.01. The number of ether oxygens (including phenoxy) is 1. The van der Waals surface area contributed by atoms with Crippen LogP contribution in [0.2, 0.25) is 0 Å². The van der Waals surface area contributed by atoms with Crippen LogP contribution in [0.25, 0.3) is 0 Å². The third-order valence-electron chi connectivity index (χ3n) is 2.86. The van der Waals surface area contributed by atoms with Crippen molar-refractivity contribution in [3.63, 3.8) is 0 Å². The molecule has 0 radical (unpaired) electrons. The molecule has 2 N–H and O–H groups in total. The van der Waals surface area contributed by atoms with Crippen LogP contribution in [0.3, 0.4) is 0 Å². The van der Waals surface area contributed by atoms with Crippen LogP contribution >= 0.6 is 0 Å². The smallest absolute Gasteiger partial charge is 0.387 e. The molecule has 0 saturated carbocycles. The van der Waals surface area contributed by atoms with Gasteiger partial charge < -0.3 is 10.1 Å². The molecule has 7 heteroatoms. The fourth-order valence-corrected chi connectivity index (χ4v) is 1.78. The van der Waals surface area contributed by atoms with Crippen molar-refractivity contribution < 1.29 is 17.9 Å². The molecular formula is C13H14F3N3O. The summed E-state index contributed by atoms with van der Waals surface area (Å²) in [5.74, 6) is -0.535. The van der Waals surface area contributed by atoms with Crippen LogP contribution in [0.4, 0.5) is 13.2 Å². The fraction of sp³-hybridized carbons (Fsp3) is 0.308. The highest BCUT2D eigenvalue weighted by Gasteiger charge is 2.12. The minimum Gasteiger partial charge on any atom is -0.434 e. The van der Waals surface area contributed by atoms with E-state index in [0.717, 1.165) is 11.6 Å². The molecule has 108 valence electrons. The monoisotopic (exact) mass is 285 g/mol. The molecule has 0 fully saturated rings. The lowest BCUT2D eigenvalue weighted by molar-refractivity contribution is -0.0505. The highest BCUT2D eigenvalue weighted by atomic mass is 19.3. The Morgan fingerprint density at radius 1 is 1.40 bits per heavy atom. The van der Waals surface area contributed by atoms with Crippen molar-refractivity contribution in [2.75, 3.05) is 0 Å². The van der Waals surface area contributed by atoms with Gasteiger partial charge in [-0.1, -0.05) is 0 Å². The summed E-state index contributed by atoms with van der Waals surface area (Å²) in [7, 11) is 0. The van der Waals surface area contributed by atoms with Crippen molar-refractivity contribution >= 4 is 0 Å². The molecule has 0 bridgehead atoms. The van der Waals surface area contributed by atoms with Crippen LogP contribution in [-0.4, -0.2) is 16.8 Å². The number of halogens is 3. The molecule has 2 rings (SSSR count). The number of H-pyrrole nitrogens is 1. The number of alkyl halides is 2. The van der Waals surface area contributed by atoms with Crippen molar-refractivity contribution in [3.05, 3.63) is 47.5 Å². The van der Waals surface area contributed by atoms with Gasteiger partial charge in [0.15, 0.2) is 0 Å². The van der Waals surface area contributed by atoms with E-state index in [2.05, 4.69) is 20.3 Å². The van der Waals surface area contributed by atoms with E-state index in [1.54, 1.807) is 12.4 Å². The van der Waals surface area contributed by atoms with Gasteiger partial charge >= 0.3 is 6.61 Å². The molecule has 4 nitrogen and oxygen atoms in total. The number of rotatable bonds is 6. The molecular weight excluding hydrogens is 271 g/mol. The maximum absolute atomic E-state index is 13.2. The Balaban J connectivity index is 2.06. The summed E-state index contributed by atoms with van der Waals surface area (Å²) in [5.41, 5.74) is 1.25. The first-order valence-electron chi connectivity index (χ1n) is 6.01. The highest BCUT2D eigenvalue weighted by Crippen LogP contribution is 2.22. The molecule has 1 unspecified atom stereocenters. The number of benzene rings is 1.